The second-order valence-corrected chi connectivity index (χ2v) is 6.99. The second-order valence-electron chi connectivity index (χ2n) is 4.72. The van der Waals surface area contributed by atoms with E-state index in [2.05, 4.69) is 0 Å². The lowest BCUT2D eigenvalue weighted by Crippen LogP contribution is -2.36. The third kappa shape index (κ3) is 4.04. The minimum Gasteiger partial charge on any atom is -0.465 e. The number of nitrogens with zero attached hydrogens (tertiary/aromatic N) is 1. The summed E-state index contributed by atoms with van der Waals surface area (Å²) < 4.78 is 44.5. The molecule has 8 heteroatoms. The van der Waals surface area contributed by atoms with E-state index < -0.39 is 28.4 Å². The van der Waals surface area contributed by atoms with Crippen molar-refractivity contribution >= 4 is 33.3 Å². The number of carbonyl (C=O) groups is 1. The van der Waals surface area contributed by atoms with E-state index in [-0.39, 0.29) is 22.2 Å². The van der Waals surface area contributed by atoms with Crippen LogP contribution in [-0.4, -0.2) is 27.5 Å². The molecule has 2 rings (SSSR count). The molecule has 0 N–H and O–H groups in total. The van der Waals surface area contributed by atoms with Crippen molar-refractivity contribution in [2.45, 2.75) is 11.8 Å². The molecule has 0 aromatic heterocycles. The first-order valence-electron chi connectivity index (χ1n) is 7.04. The number of benzene rings is 2. The number of para-hydroxylation sites is 1. The van der Waals surface area contributed by atoms with E-state index in [4.69, 9.17) is 16.3 Å². The molecule has 0 aliphatic carbocycles. The lowest BCUT2D eigenvalue weighted by atomic mass is 10.3. The summed E-state index contributed by atoms with van der Waals surface area (Å²) in [5.41, 5.74) is 0.136. The van der Waals surface area contributed by atoms with Crippen molar-refractivity contribution in [3.8, 4) is 0 Å². The zero-order valence-electron chi connectivity index (χ0n) is 12.8. The molecule has 0 spiro atoms. The molecule has 0 saturated carbocycles. The highest BCUT2D eigenvalue weighted by Gasteiger charge is 2.29. The molecule has 0 fully saturated rings. The second kappa shape index (κ2) is 7.63. The maximum Gasteiger partial charge on any atom is 0.326 e. The van der Waals surface area contributed by atoms with Crippen LogP contribution in [0.15, 0.2) is 53.4 Å². The van der Waals surface area contributed by atoms with E-state index in [0.29, 0.717) is 0 Å². The Morgan fingerprint density at radius 3 is 2.38 bits per heavy atom. The number of ether oxygens (including phenoxy) is 1. The molecule has 2 aromatic carbocycles. The van der Waals surface area contributed by atoms with Gasteiger partial charge >= 0.3 is 5.97 Å². The highest BCUT2D eigenvalue weighted by Crippen LogP contribution is 2.30. The third-order valence-corrected chi connectivity index (χ3v) is 5.19. The Balaban J connectivity index is 2.50. The van der Waals surface area contributed by atoms with Gasteiger partial charge < -0.3 is 4.74 Å². The fraction of sp³-hybridized carbons (Fsp3) is 0.188. The van der Waals surface area contributed by atoms with Crippen molar-refractivity contribution in [1.29, 1.82) is 0 Å². The summed E-state index contributed by atoms with van der Waals surface area (Å²) in [4.78, 5) is 11.7. The molecular weight excluding hydrogens is 357 g/mol. The first-order chi connectivity index (χ1) is 11.4. The van der Waals surface area contributed by atoms with E-state index in [1.165, 1.54) is 12.1 Å². The average molecular weight is 372 g/mol. The van der Waals surface area contributed by atoms with Crippen LogP contribution in [-0.2, 0) is 19.6 Å². The van der Waals surface area contributed by atoms with Crippen molar-refractivity contribution in [2.24, 2.45) is 0 Å². The van der Waals surface area contributed by atoms with Crippen LogP contribution in [0.4, 0.5) is 10.1 Å². The van der Waals surface area contributed by atoms with Crippen molar-refractivity contribution in [3.05, 3.63) is 59.4 Å². The predicted octanol–water partition coefficient (Wildman–Crippen LogP) is 3.24. The van der Waals surface area contributed by atoms with E-state index in [0.717, 1.165) is 28.6 Å². The Morgan fingerprint density at radius 2 is 1.79 bits per heavy atom. The van der Waals surface area contributed by atoms with Crippen LogP contribution < -0.4 is 4.31 Å². The summed E-state index contributed by atoms with van der Waals surface area (Å²) in [6.07, 6.45) is 0. The molecule has 0 amide bonds. The van der Waals surface area contributed by atoms with E-state index >= 15 is 0 Å². The van der Waals surface area contributed by atoms with Gasteiger partial charge in [0.1, 0.15) is 12.4 Å². The maximum atomic E-state index is 13.1. The maximum absolute atomic E-state index is 13.1. The van der Waals surface area contributed by atoms with Gasteiger partial charge in [-0.15, -0.1) is 0 Å². The molecule has 0 aliphatic rings. The van der Waals surface area contributed by atoms with Crippen molar-refractivity contribution in [3.63, 3.8) is 0 Å². The Labute approximate surface area is 144 Å². The number of hydrogen-bond acceptors (Lipinski definition) is 4. The van der Waals surface area contributed by atoms with Gasteiger partial charge in [-0.05, 0) is 43.3 Å². The fourth-order valence-corrected chi connectivity index (χ4v) is 3.73. The summed E-state index contributed by atoms with van der Waals surface area (Å²) in [5, 5.41) is 0.160. The average Bonchev–Trinajstić information content (AvgIpc) is 2.54. The molecule has 0 heterocycles. The van der Waals surface area contributed by atoms with Crippen LogP contribution in [0.3, 0.4) is 0 Å². The lowest BCUT2D eigenvalue weighted by molar-refractivity contribution is -0.141. The molecule has 0 saturated heterocycles. The van der Waals surface area contributed by atoms with Gasteiger partial charge in [0.25, 0.3) is 10.0 Å². The van der Waals surface area contributed by atoms with Crippen LogP contribution in [0.5, 0.6) is 0 Å². The monoisotopic (exact) mass is 371 g/mol. The van der Waals surface area contributed by atoms with Gasteiger partial charge in [0.2, 0.25) is 0 Å². The first-order valence-corrected chi connectivity index (χ1v) is 8.86. The molecule has 0 atom stereocenters. The fourth-order valence-electron chi connectivity index (χ4n) is 2.01. The number of hydrogen-bond donors (Lipinski definition) is 0. The number of anilines is 1. The number of sulfonamides is 1. The minimum absolute atomic E-state index is 0.117. The van der Waals surface area contributed by atoms with Crippen LogP contribution in [0.1, 0.15) is 6.92 Å². The summed E-state index contributed by atoms with van der Waals surface area (Å²) in [7, 11) is -4.13. The molecule has 0 radical (unpaired) electrons. The van der Waals surface area contributed by atoms with Gasteiger partial charge in [0.15, 0.2) is 0 Å². The highest BCUT2D eigenvalue weighted by molar-refractivity contribution is 7.92. The van der Waals surface area contributed by atoms with Gasteiger partial charge in [-0.3, -0.25) is 9.10 Å². The van der Waals surface area contributed by atoms with Gasteiger partial charge in [0, 0.05) is 0 Å². The molecule has 128 valence electrons. The third-order valence-electron chi connectivity index (χ3n) is 3.10. The molecule has 24 heavy (non-hydrogen) atoms. The highest BCUT2D eigenvalue weighted by atomic mass is 35.5. The standard InChI is InChI=1S/C16H15ClFNO4S/c1-2-23-16(20)11-19(15-6-4-3-5-14(15)17)24(21,22)13-9-7-12(18)8-10-13/h3-10H,2,11H2,1H3. The molecule has 0 bridgehead atoms. The Morgan fingerprint density at radius 1 is 1.17 bits per heavy atom. The van der Waals surface area contributed by atoms with Crippen LogP contribution in [0.2, 0.25) is 5.02 Å². The van der Waals surface area contributed by atoms with Crippen molar-refractivity contribution < 1.29 is 22.3 Å². The number of halogens is 2. The minimum atomic E-state index is -4.13. The van der Waals surface area contributed by atoms with E-state index in [1.54, 1.807) is 19.1 Å². The van der Waals surface area contributed by atoms with Gasteiger partial charge in [-0.2, -0.15) is 0 Å². The molecule has 2 aromatic rings. The summed E-state index contributed by atoms with van der Waals surface area (Å²) in [6, 6.07) is 10.5. The predicted molar refractivity (Wildman–Crippen MR) is 89.0 cm³/mol. The summed E-state index contributed by atoms with van der Waals surface area (Å²) in [5.74, 6) is -1.29. The quantitative estimate of drug-likeness (QED) is 0.731. The van der Waals surface area contributed by atoms with Crippen LogP contribution in [0.25, 0.3) is 0 Å². The first kappa shape index (κ1) is 18.2. The van der Waals surface area contributed by atoms with Crippen molar-refractivity contribution in [1.82, 2.24) is 0 Å². The van der Waals surface area contributed by atoms with E-state index in [1.807, 2.05) is 0 Å². The Kier molecular flexibility index (Phi) is 5.80. The van der Waals surface area contributed by atoms with E-state index in [9.17, 15) is 17.6 Å². The van der Waals surface area contributed by atoms with Gasteiger partial charge in [0.05, 0.1) is 22.2 Å². The SMILES string of the molecule is CCOC(=O)CN(c1ccccc1Cl)S(=O)(=O)c1ccc(F)cc1. The summed E-state index contributed by atoms with van der Waals surface area (Å²) in [6.45, 7) is 1.19. The molecule has 0 aliphatic heterocycles. The smallest absolute Gasteiger partial charge is 0.326 e. The topological polar surface area (TPSA) is 63.7 Å². The number of rotatable bonds is 6. The number of esters is 1. The molecule has 0 unspecified atom stereocenters. The largest absolute Gasteiger partial charge is 0.465 e. The Hall–Kier alpha value is -2.12. The van der Waals surface area contributed by atoms with Gasteiger partial charge in [-0.25, -0.2) is 12.8 Å². The summed E-state index contributed by atoms with van der Waals surface area (Å²) >= 11 is 6.08. The van der Waals surface area contributed by atoms with Crippen molar-refractivity contribution in [2.75, 3.05) is 17.5 Å². The zero-order valence-corrected chi connectivity index (χ0v) is 14.3. The molecular formula is C16H15ClFNO4S. The lowest BCUT2D eigenvalue weighted by Gasteiger charge is -2.24. The molecule has 5 nitrogen and oxygen atoms in total. The van der Waals surface area contributed by atoms with Gasteiger partial charge in [-0.1, -0.05) is 23.7 Å². The van der Waals surface area contributed by atoms with Crippen LogP contribution >= 0.6 is 11.6 Å². The Bertz CT molecular complexity index is 824. The number of carbonyl (C=O) groups excluding carboxylic acids is 1. The normalized spacial score (nSPS) is 11.1. The zero-order chi connectivity index (χ0) is 17.7. The van der Waals surface area contributed by atoms with Crippen LogP contribution in [0, 0.1) is 5.82 Å².